The molecule has 0 spiro atoms. The lowest BCUT2D eigenvalue weighted by Gasteiger charge is -2.32. The Kier molecular flexibility index (Phi) is 13.5. The fraction of sp³-hybridized carbons (Fsp3) is 0.567. The number of ether oxygens (including phenoxy) is 2. The van der Waals surface area contributed by atoms with E-state index in [1.54, 1.807) is 0 Å². The number of hydrogen-bond acceptors (Lipinski definition) is 3. The van der Waals surface area contributed by atoms with Crippen LogP contribution in [0.1, 0.15) is 97.0 Å². The van der Waals surface area contributed by atoms with Crippen molar-refractivity contribution < 1.29 is 14.3 Å². The standard InChI is InChI=1S/C13H16O2.C13H18O.2C2H6/c1-3-9-11(4-2)15-12-8-6-5-7-10(12)13(9)14;1-3-10-9-11-7-5-6-8-13(11)14-12(10)4-2;2*1-2/h5-9,11H,3-4H2,1-2H3;5-8,10,12H,3-4,9H2,1-2H3;2*1-2H3/t9-,11-;10-,12+;;/m10../s1. The van der Waals surface area contributed by atoms with Crippen molar-refractivity contribution in [2.45, 2.75) is 99.7 Å². The van der Waals surface area contributed by atoms with E-state index in [1.165, 1.54) is 18.4 Å². The van der Waals surface area contributed by atoms with E-state index in [1.807, 2.05) is 58.9 Å². The molecule has 0 saturated carbocycles. The molecular weight excluding hydrogens is 408 g/mol. The van der Waals surface area contributed by atoms with E-state index in [4.69, 9.17) is 9.47 Å². The summed E-state index contributed by atoms with van der Waals surface area (Å²) in [6, 6.07) is 15.9. The van der Waals surface area contributed by atoms with Gasteiger partial charge in [0.15, 0.2) is 5.78 Å². The lowest BCUT2D eigenvalue weighted by molar-refractivity contribution is 0.0640. The first-order valence-electron chi connectivity index (χ1n) is 13.2. The third kappa shape index (κ3) is 7.35. The first kappa shape index (κ1) is 28.7. The van der Waals surface area contributed by atoms with Crippen LogP contribution in [-0.4, -0.2) is 18.0 Å². The molecule has 0 N–H and O–H groups in total. The van der Waals surface area contributed by atoms with Gasteiger partial charge in [0.1, 0.15) is 23.7 Å². The minimum Gasteiger partial charge on any atom is -0.490 e. The summed E-state index contributed by atoms with van der Waals surface area (Å²) in [5.74, 6) is 2.83. The number of para-hydroxylation sites is 2. The zero-order chi connectivity index (χ0) is 24.8. The molecule has 2 aromatic carbocycles. The molecule has 4 atom stereocenters. The van der Waals surface area contributed by atoms with E-state index in [9.17, 15) is 4.79 Å². The maximum Gasteiger partial charge on any atom is 0.173 e. The van der Waals surface area contributed by atoms with Crippen molar-refractivity contribution in [1.82, 2.24) is 0 Å². The van der Waals surface area contributed by atoms with Gasteiger partial charge in [-0.25, -0.2) is 0 Å². The molecule has 33 heavy (non-hydrogen) atoms. The summed E-state index contributed by atoms with van der Waals surface area (Å²) >= 11 is 0. The highest BCUT2D eigenvalue weighted by atomic mass is 16.5. The van der Waals surface area contributed by atoms with E-state index in [0.717, 1.165) is 36.3 Å². The van der Waals surface area contributed by atoms with Crippen LogP contribution in [0, 0.1) is 11.8 Å². The molecule has 0 amide bonds. The second kappa shape index (κ2) is 15.5. The van der Waals surface area contributed by atoms with Crippen LogP contribution >= 0.6 is 0 Å². The van der Waals surface area contributed by atoms with Gasteiger partial charge in [0.2, 0.25) is 0 Å². The number of hydrogen-bond donors (Lipinski definition) is 0. The van der Waals surface area contributed by atoms with E-state index < -0.39 is 0 Å². The fourth-order valence-electron chi connectivity index (χ4n) is 4.49. The molecule has 184 valence electrons. The van der Waals surface area contributed by atoms with Gasteiger partial charge in [-0.15, -0.1) is 0 Å². The molecule has 4 rings (SSSR count). The van der Waals surface area contributed by atoms with Gasteiger partial charge in [-0.05, 0) is 61.8 Å². The quantitative estimate of drug-likeness (QED) is 0.464. The highest BCUT2D eigenvalue weighted by Crippen LogP contribution is 2.34. The highest BCUT2D eigenvalue weighted by molar-refractivity contribution is 6.01. The van der Waals surface area contributed by atoms with Crippen LogP contribution in [0.25, 0.3) is 0 Å². The van der Waals surface area contributed by atoms with E-state index in [2.05, 4.69) is 45.0 Å². The molecule has 2 aliphatic rings. The topological polar surface area (TPSA) is 35.5 Å². The third-order valence-electron chi connectivity index (χ3n) is 6.24. The molecular formula is C30H46O3. The molecule has 0 radical (unpaired) electrons. The van der Waals surface area contributed by atoms with Crippen LogP contribution in [0.2, 0.25) is 0 Å². The summed E-state index contributed by atoms with van der Waals surface area (Å²) in [5, 5.41) is 0. The largest absolute Gasteiger partial charge is 0.490 e. The number of benzene rings is 2. The molecule has 0 aromatic heterocycles. The van der Waals surface area contributed by atoms with Crippen molar-refractivity contribution in [3.05, 3.63) is 59.7 Å². The van der Waals surface area contributed by atoms with Crippen LogP contribution in [0.5, 0.6) is 11.5 Å². The lowest BCUT2D eigenvalue weighted by atomic mass is 9.86. The smallest absolute Gasteiger partial charge is 0.173 e. The fourth-order valence-corrected chi connectivity index (χ4v) is 4.49. The minimum absolute atomic E-state index is 0.0323. The maximum atomic E-state index is 12.1. The van der Waals surface area contributed by atoms with Gasteiger partial charge >= 0.3 is 0 Å². The van der Waals surface area contributed by atoms with Crippen molar-refractivity contribution in [2.75, 3.05) is 0 Å². The summed E-state index contributed by atoms with van der Waals surface area (Å²) in [5.41, 5.74) is 2.12. The summed E-state index contributed by atoms with van der Waals surface area (Å²) in [7, 11) is 0. The Morgan fingerprint density at radius 2 is 1.24 bits per heavy atom. The second-order valence-corrected chi connectivity index (χ2v) is 7.98. The zero-order valence-electron chi connectivity index (χ0n) is 22.2. The molecule has 0 saturated heterocycles. The highest BCUT2D eigenvalue weighted by Gasteiger charge is 2.34. The first-order chi connectivity index (χ1) is 16.1. The van der Waals surface area contributed by atoms with Crippen LogP contribution in [0.15, 0.2) is 48.5 Å². The predicted octanol–water partition coefficient (Wildman–Crippen LogP) is 8.55. The van der Waals surface area contributed by atoms with Gasteiger partial charge in [-0.2, -0.15) is 0 Å². The minimum atomic E-state index is 0.0323. The van der Waals surface area contributed by atoms with Crippen molar-refractivity contribution >= 4 is 5.78 Å². The molecule has 3 nitrogen and oxygen atoms in total. The van der Waals surface area contributed by atoms with Crippen LogP contribution in [0.3, 0.4) is 0 Å². The first-order valence-corrected chi connectivity index (χ1v) is 13.2. The number of carbonyl (C=O) groups is 1. The molecule has 2 aliphatic heterocycles. The third-order valence-corrected chi connectivity index (χ3v) is 6.24. The molecule has 0 fully saturated rings. The molecule has 3 heteroatoms. The Bertz CT molecular complexity index is 783. The summed E-state index contributed by atoms with van der Waals surface area (Å²) in [6.45, 7) is 16.6. The van der Waals surface area contributed by atoms with Gasteiger partial charge in [-0.3, -0.25) is 4.79 Å². The average molecular weight is 455 g/mol. The monoisotopic (exact) mass is 454 g/mol. The van der Waals surface area contributed by atoms with Gasteiger partial charge in [-0.1, -0.05) is 85.7 Å². The van der Waals surface area contributed by atoms with Gasteiger partial charge in [0, 0.05) is 0 Å². The van der Waals surface area contributed by atoms with Gasteiger partial charge in [0.05, 0.1) is 11.5 Å². The molecule has 2 aromatic rings. The lowest BCUT2D eigenvalue weighted by Crippen LogP contribution is -2.36. The summed E-state index contributed by atoms with van der Waals surface area (Å²) in [4.78, 5) is 12.1. The molecule has 0 aliphatic carbocycles. The van der Waals surface area contributed by atoms with E-state index in [0.29, 0.717) is 12.0 Å². The van der Waals surface area contributed by atoms with Crippen molar-refractivity contribution in [3.8, 4) is 11.5 Å². The number of fused-ring (bicyclic) bond motifs is 2. The van der Waals surface area contributed by atoms with Crippen LogP contribution in [-0.2, 0) is 6.42 Å². The predicted molar refractivity (Wildman–Crippen MR) is 141 cm³/mol. The van der Waals surface area contributed by atoms with Crippen molar-refractivity contribution in [1.29, 1.82) is 0 Å². The number of Topliss-reactive ketones (excluding diaryl/α,β-unsaturated/α-hetero) is 1. The Morgan fingerprint density at radius 3 is 1.82 bits per heavy atom. The number of ketones is 1. The Labute approximate surface area is 202 Å². The molecule has 2 heterocycles. The number of rotatable bonds is 4. The Balaban J connectivity index is 0.000000288. The van der Waals surface area contributed by atoms with Gasteiger partial charge < -0.3 is 9.47 Å². The van der Waals surface area contributed by atoms with E-state index >= 15 is 0 Å². The Morgan fingerprint density at radius 1 is 0.697 bits per heavy atom. The second-order valence-electron chi connectivity index (χ2n) is 7.98. The number of carbonyl (C=O) groups excluding carboxylic acids is 1. The van der Waals surface area contributed by atoms with E-state index in [-0.39, 0.29) is 17.8 Å². The maximum absolute atomic E-state index is 12.1. The zero-order valence-corrected chi connectivity index (χ0v) is 22.2. The summed E-state index contributed by atoms with van der Waals surface area (Å²) in [6.07, 6.45) is 5.74. The van der Waals surface area contributed by atoms with Gasteiger partial charge in [0.25, 0.3) is 0 Å². The molecule has 0 unspecified atom stereocenters. The van der Waals surface area contributed by atoms with Crippen molar-refractivity contribution in [3.63, 3.8) is 0 Å². The SMILES string of the molecule is CC.CC.CC[C@H]1Cc2ccccc2O[C@@H]1CC.CC[C@H]1Oc2ccccc2C(=O)[C@@H]1CC. The normalized spacial score (nSPS) is 22.2. The summed E-state index contributed by atoms with van der Waals surface area (Å²) < 4.78 is 11.8. The van der Waals surface area contributed by atoms with Crippen LogP contribution in [0.4, 0.5) is 0 Å². The molecule has 0 bridgehead atoms. The van der Waals surface area contributed by atoms with Crippen molar-refractivity contribution in [2.24, 2.45) is 11.8 Å². The average Bonchev–Trinajstić information content (AvgIpc) is 2.90. The van der Waals surface area contributed by atoms with Crippen LogP contribution < -0.4 is 9.47 Å². The Hall–Kier alpha value is -2.29.